The largest absolute Gasteiger partial charge is 0.297 e. The molecule has 1 heteroatoms. The lowest BCUT2D eigenvalue weighted by atomic mass is 9.84. The molecule has 1 nitrogen and oxygen atoms in total. The van der Waals surface area contributed by atoms with Crippen molar-refractivity contribution in [2.75, 3.05) is 6.54 Å². The molecule has 0 aliphatic heterocycles. The monoisotopic (exact) mass is 167 g/mol. The second-order valence-electron chi connectivity index (χ2n) is 4.41. The Labute approximate surface area is 76.1 Å². The minimum atomic E-state index is 0.982. The van der Waals surface area contributed by atoms with Gasteiger partial charge in [0.15, 0.2) is 0 Å². The zero-order valence-corrected chi connectivity index (χ0v) is 8.26. The topological polar surface area (TPSA) is 3.24 Å². The number of rotatable bonds is 4. The predicted molar refractivity (Wildman–Crippen MR) is 52.3 cm³/mol. The second-order valence-corrected chi connectivity index (χ2v) is 4.41. The fourth-order valence-electron chi connectivity index (χ4n) is 2.36. The molecule has 0 spiro atoms. The van der Waals surface area contributed by atoms with Crippen LogP contribution in [-0.4, -0.2) is 23.5 Å². The molecular formula is C11H21N. The third-order valence-corrected chi connectivity index (χ3v) is 3.57. The molecule has 2 aliphatic carbocycles. The molecular weight excluding hydrogens is 146 g/mol. The summed E-state index contributed by atoms with van der Waals surface area (Å²) in [5, 5.41) is 0. The van der Waals surface area contributed by atoms with Crippen LogP contribution in [0.3, 0.4) is 0 Å². The quantitative estimate of drug-likeness (QED) is 0.622. The fourth-order valence-corrected chi connectivity index (χ4v) is 2.36. The summed E-state index contributed by atoms with van der Waals surface area (Å²) in [5.41, 5.74) is 0. The third kappa shape index (κ3) is 1.52. The van der Waals surface area contributed by atoms with Crippen LogP contribution in [0.4, 0.5) is 0 Å². The maximum atomic E-state index is 2.80. The SMILES string of the molecule is CCCN(C1CCC1)C1CCC1. The van der Waals surface area contributed by atoms with Crippen molar-refractivity contribution in [2.24, 2.45) is 0 Å². The van der Waals surface area contributed by atoms with Crippen LogP contribution in [0.1, 0.15) is 51.9 Å². The molecule has 0 atom stereocenters. The Morgan fingerprint density at radius 3 is 1.75 bits per heavy atom. The van der Waals surface area contributed by atoms with E-state index in [1.165, 1.54) is 51.5 Å². The van der Waals surface area contributed by atoms with Crippen molar-refractivity contribution in [3.63, 3.8) is 0 Å². The van der Waals surface area contributed by atoms with E-state index in [0.29, 0.717) is 0 Å². The smallest absolute Gasteiger partial charge is 0.00982 e. The van der Waals surface area contributed by atoms with E-state index in [1.54, 1.807) is 0 Å². The molecule has 0 amide bonds. The minimum absolute atomic E-state index is 0.982. The molecule has 0 bridgehead atoms. The van der Waals surface area contributed by atoms with Gasteiger partial charge in [0.05, 0.1) is 0 Å². The first kappa shape index (κ1) is 8.55. The Bertz CT molecular complexity index is 122. The average molecular weight is 167 g/mol. The van der Waals surface area contributed by atoms with Gasteiger partial charge in [-0.2, -0.15) is 0 Å². The summed E-state index contributed by atoms with van der Waals surface area (Å²) in [4.78, 5) is 2.80. The van der Waals surface area contributed by atoms with Crippen LogP contribution in [0.25, 0.3) is 0 Å². The Balaban J connectivity index is 1.82. The summed E-state index contributed by atoms with van der Waals surface area (Å²) in [7, 11) is 0. The Morgan fingerprint density at radius 1 is 1.00 bits per heavy atom. The molecule has 0 radical (unpaired) electrons. The molecule has 0 unspecified atom stereocenters. The van der Waals surface area contributed by atoms with E-state index in [4.69, 9.17) is 0 Å². The van der Waals surface area contributed by atoms with Crippen molar-refractivity contribution < 1.29 is 0 Å². The lowest BCUT2D eigenvalue weighted by Gasteiger charge is -2.46. The van der Waals surface area contributed by atoms with Gasteiger partial charge in [-0.15, -0.1) is 0 Å². The number of hydrogen-bond donors (Lipinski definition) is 0. The van der Waals surface area contributed by atoms with E-state index in [-0.39, 0.29) is 0 Å². The van der Waals surface area contributed by atoms with Crippen molar-refractivity contribution in [2.45, 2.75) is 64.0 Å². The number of nitrogens with zero attached hydrogens (tertiary/aromatic N) is 1. The van der Waals surface area contributed by atoms with Crippen LogP contribution in [-0.2, 0) is 0 Å². The van der Waals surface area contributed by atoms with Crippen LogP contribution >= 0.6 is 0 Å². The first-order chi connectivity index (χ1) is 5.92. The van der Waals surface area contributed by atoms with Gasteiger partial charge in [-0.05, 0) is 38.6 Å². The summed E-state index contributed by atoms with van der Waals surface area (Å²) < 4.78 is 0. The first-order valence-corrected chi connectivity index (χ1v) is 5.67. The molecule has 2 aliphatic rings. The van der Waals surface area contributed by atoms with Crippen LogP contribution in [0.5, 0.6) is 0 Å². The van der Waals surface area contributed by atoms with Crippen molar-refractivity contribution in [1.82, 2.24) is 4.90 Å². The molecule has 0 aromatic carbocycles. The van der Waals surface area contributed by atoms with Crippen molar-refractivity contribution in [3.8, 4) is 0 Å². The number of hydrogen-bond acceptors (Lipinski definition) is 1. The summed E-state index contributed by atoms with van der Waals surface area (Å²) in [5.74, 6) is 0. The van der Waals surface area contributed by atoms with Gasteiger partial charge in [0.1, 0.15) is 0 Å². The first-order valence-electron chi connectivity index (χ1n) is 5.67. The highest BCUT2D eigenvalue weighted by Crippen LogP contribution is 2.33. The van der Waals surface area contributed by atoms with Gasteiger partial charge in [0, 0.05) is 12.1 Å². The standard InChI is InChI=1S/C11H21N/c1-2-9-12(10-5-3-6-10)11-7-4-8-11/h10-11H,2-9H2,1H3. The molecule has 0 saturated heterocycles. The highest BCUT2D eigenvalue weighted by Gasteiger charge is 2.32. The lowest BCUT2D eigenvalue weighted by molar-refractivity contribution is 0.0408. The zero-order chi connectivity index (χ0) is 8.39. The van der Waals surface area contributed by atoms with E-state index in [0.717, 1.165) is 12.1 Å². The summed E-state index contributed by atoms with van der Waals surface area (Å²) in [6.45, 7) is 3.67. The third-order valence-electron chi connectivity index (χ3n) is 3.57. The fraction of sp³-hybridized carbons (Fsp3) is 1.00. The highest BCUT2D eigenvalue weighted by molar-refractivity contribution is 4.88. The van der Waals surface area contributed by atoms with E-state index < -0.39 is 0 Å². The molecule has 2 fully saturated rings. The molecule has 2 rings (SSSR count). The normalized spacial score (nSPS) is 25.5. The molecule has 0 N–H and O–H groups in total. The summed E-state index contributed by atoms with van der Waals surface area (Å²) >= 11 is 0. The van der Waals surface area contributed by atoms with Crippen LogP contribution < -0.4 is 0 Å². The molecule has 0 aromatic rings. The van der Waals surface area contributed by atoms with Crippen LogP contribution in [0.2, 0.25) is 0 Å². The average Bonchev–Trinajstić information content (AvgIpc) is 1.79. The van der Waals surface area contributed by atoms with Gasteiger partial charge in [-0.25, -0.2) is 0 Å². The second kappa shape index (κ2) is 3.78. The van der Waals surface area contributed by atoms with Gasteiger partial charge in [-0.1, -0.05) is 19.8 Å². The van der Waals surface area contributed by atoms with E-state index >= 15 is 0 Å². The van der Waals surface area contributed by atoms with Crippen LogP contribution in [0, 0.1) is 0 Å². The zero-order valence-electron chi connectivity index (χ0n) is 8.26. The van der Waals surface area contributed by atoms with Gasteiger partial charge in [0.25, 0.3) is 0 Å². The van der Waals surface area contributed by atoms with Gasteiger partial charge in [0.2, 0.25) is 0 Å². The van der Waals surface area contributed by atoms with Crippen LogP contribution in [0.15, 0.2) is 0 Å². The van der Waals surface area contributed by atoms with Crippen molar-refractivity contribution in [3.05, 3.63) is 0 Å². The van der Waals surface area contributed by atoms with E-state index in [2.05, 4.69) is 11.8 Å². The predicted octanol–water partition coefficient (Wildman–Crippen LogP) is 2.80. The molecule has 0 heterocycles. The maximum absolute atomic E-state index is 2.80. The molecule has 2 saturated carbocycles. The summed E-state index contributed by atoms with van der Waals surface area (Å²) in [6.07, 6.45) is 10.2. The minimum Gasteiger partial charge on any atom is -0.297 e. The van der Waals surface area contributed by atoms with E-state index in [1.807, 2.05) is 0 Å². The summed E-state index contributed by atoms with van der Waals surface area (Å²) in [6, 6.07) is 1.96. The molecule has 0 aromatic heterocycles. The Kier molecular flexibility index (Phi) is 2.69. The van der Waals surface area contributed by atoms with Gasteiger partial charge < -0.3 is 0 Å². The lowest BCUT2D eigenvalue weighted by Crippen LogP contribution is -2.49. The Morgan fingerprint density at radius 2 is 1.50 bits per heavy atom. The highest BCUT2D eigenvalue weighted by atomic mass is 15.2. The van der Waals surface area contributed by atoms with Crippen molar-refractivity contribution >= 4 is 0 Å². The van der Waals surface area contributed by atoms with E-state index in [9.17, 15) is 0 Å². The van der Waals surface area contributed by atoms with Crippen molar-refractivity contribution in [1.29, 1.82) is 0 Å². The molecule has 70 valence electrons. The van der Waals surface area contributed by atoms with Gasteiger partial charge >= 0.3 is 0 Å². The van der Waals surface area contributed by atoms with Gasteiger partial charge in [-0.3, -0.25) is 4.90 Å². The molecule has 12 heavy (non-hydrogen) atoms. The maximum Gasteiger partial charge on any atom is 0.00982 e. The Hall–Kier alpha value is -0.0400.